The van der Waals surface area contributed by atoms with Crippen LogP contribution in [-0.2, 0) is 10.0 Å². The van der Waals surface area contributed by atoms with Gasteiger partial charge in [0.1, 0.15) is 16.4 Å². The van der Waals surface area contributed by atoms with Crippen molar-refractivity contribution >= 4 is 62.3 Å². The number of sulfonamides is 1. The zero-order valence-corrected chi connectivity index (χ0v) is 22.4. The molecule has 0 aliphatic carbocycles. The molecule has 0 bridgehead atoms. The van der Waals surface area contributed by atoms with Crippen LogP contribution in [0.2, 0.25) is 10.0 Å². The van der Waals surface area contributed by atoms with Crippen LogP contribution in [0.25, 0.3) is 0 Å². The molecule has 182 valence electrons. The number of rotatable bonds is 8. The SMILES string of the molecule is CSCCCNC(=S)N1CCN(S(=O)(=O)c2cc(C#N)ccc2Oc2cc(Cl)cc(Cl)c2)CC1. The molecule has 34 heavy (non-hydrogen) atoms. The van der Waals surface area contributed by atoms with Gasteiger partial charge in [0.15, 0.2) is 5.11 Å². The second kappa shape index (κ2) is 12.3. The van der Waals surface area contributed by atoms with Crippen molar-refractivity contribution in [1.82, 2.24) is 14.5 Å². The van der Waals surface area contributed by atoms with Gasteiger partial charge in [-0.2, -0.15) is 21.3 Å². The standard InChI is InChI=1S/C22H24Cl2N4O3S3/c1-33-10-2-5-26-22(32)27-6-8-28(9-7-27)34(29,30)21-11-16(15-25)3-4-20(21)31-19-13-17(23)12-18(24)14-19/h3-4,11-14H,2,5-10H2,1H3,(H,26,32). The lowest BCUT2D eigenvalue weighted by atomic mass is 10.2. The lowest BCUT2D eigenvalue weighted by Gasteiger charge is -2.35. The number of benzene rings is 2. The second-order valence-electron chi connectivity index (χ2n) is 7.45. The van der Waals surface area contributed by atoms with Gasteiger partial charge in [-0.3, -0.25) is 0 Å². The number of ether oxygens (including phenoxy) is 1. The number of nitriles is 1. The molecule has 0 atom stereocenters. The molecule has 1 fully saturated rings. The summed E-state index contributed by atoms with van der Waals surface area (Å²) < 4.78 is 34.3. The minimum Gasteiger partial charge on any atom is -0.456 e. The molecular formula is C22H24Cl2N4O3S3. The molecule has 0 spiro atoms. The molecule has 7 nitrogen and oxygen atoms in total. The number of thiocarbonyl (C=S) groups is 1. The summed E-state index contributed by atoms with van der Waals surface area (Å²) in [4.78, 5) is 1.88. The van der Waals surface area contributed by atoms with Crippen molar-refractivity contribution in [3.8, 4) is 17.6 Å². The molecule has 1 aliphatic rings. The highest BCUT2D eigenvalue weighted by Crippen LogP contribution is 2.34. The first-order valence-electron chi connectivity index (χ1n) is 10.4. The number of halogens is 2. The van der Waals surface area contributed by atoms with E-state index >= 15 is 0 Å². The van der Waals surface area contributed by atoms with Crippen LogP contribution in [-0.4, -0.2) is 67.5 Å². The normalized spacial score (nSPS) is 14.5. The van der Waals surface area contributed by atoms with Gasteiger partial charge in [-0.25, -0.2) is 8.42 Å². The summed E-state index contributed by atoms with van der Waals surface area (Å²) in [5.74, 6) is 1.43. The number of thioether (sulfide) groups is 1. The molecule has 1 aliphatic heterocycles. The summed E-state index contributed by atoms with van der Waals surface area (Å²) in [6, 6.07) is 10.9. The molecule has 2 aromatic rings. The van der Waals surface area contributed by atoms with Gasteiger partial charge >= 0.3 is 0 Å². The van der Waals surface area contributed by atoms with Crippen LogP contribution in [0.4, 0.5) is 0 Å². The van der Waals surface area contributed by atoms with E-state index in [-0.39, 0.29) is 29.3 Å². The second-order valence-corrected chi connectivity index (χ2v) is 11.6. The largest absolute Gasteiger partial charge is 0.456 e. The Bertz CT molecular complexity index is 1160. The quantitative estimate of drug-likeness (QED) is 0.372. The van der Waals surface area contributed by atoms with Crippen molar-refractivity contribution in [2.24, 2.45) is 0 Å². The molecule has 1 heterocycles. The lowest BCUT2D eigenvalue weighted by Crippen LogP contribution is -2.53. The van der Waals surface area contributed by atoms with Gasteiger partial charge in [-0.15, -0.1) is 0 Å². The van der Waals surface area contributed by atoms with E-state index in [0.29, 0.717) is 34.0 Å². The van der Waals surface area contributed by atoms with Crippen LogP contribution >= 0.6 is 47.2 Å². The maximum absolute atomic E-state index is 13.5. The Balaban J connectivity index is 1.77. The van der Waals surface area contributed by atoms with Gasteiger partial charge in [0.2, 0.25) is 10.0 Å². The van der Waals surface area contributed by atoms with Crippen molar-refractivity contribution in [3.05, 3.63) is 52.0 Å². The summed E-state index contributed by atoms with van der Waals surface area (Å²) >= 11 is 19.3. The Hall–Kier alpha value is -1.74. The minimum absolute atomic E-state index is 0.0887. The van der Waals surface area contributed by atoms with Gasteiger partial charge in [0.05, 0.1) is 11.6 Å². The van der Waals surface area contributed by atoms with E-state index in [0.717, 1.165) is 18.7 Å². The molecule has 2 aromatic carbocycles. The molecule has 0 radical (unpaired) electrons. The third kappa shape index (κ3) is 6.90. The molecule has 1 N–H and O–H groups in total. The summed E-state index contributed by atoms with van der Waals surface area (Å²) in [5, 5.41) is 13.9. The Kier molecular flexibility index (Phi) is 9.71. The van der Waals surface area contributed by atoms with E-state index in [9.17, 15) is 13.7 Å². The first-order valence-corrected chi connectivity index (χ1v) is 14.4. The monoisotopic (exact) mass is 558 g/mol. The van der Waals surface area contributed by atoms with E-state index in [1.807, 2.05) is 11.0 Å². The Morgan fingerprint density at radius 1 is 1.18 bits per heavy atom. The third-order valence-electron chi connectivity index (χ3n) is 5.08. The molecule has 0 saturated carbocycles. The number of hydrogen-bond acceptors (Lipinski definition) is 6. The summed E-state index contributed by atoms with van der Waals surface area (Å²) in [6.45, 7) is 2.23. The van der Waals surface area contributed by atoms with Crippen molar-refractivity contribution < 1.29 is 13.2 Å². The van der Waals surface area contributed by atoms with Gasteiger partial charge in [-0.1, -0.05) is 23.2 Å². The first kappa shape index (κ1) is 26.9. The molecule has 0 unspecified atom stereocenters. The highest BCUT2D eigenvalue weighted by molar-refractivity contribution is 7.98. The number of nitrogens with one attached hydrogen (secondary N) is 1. The minimum atomic E-state index is -3.94. The van der Waals surface area contributed by atoms with E-state index in [1.54, 1.807) is 17.8 Å². The van der Waals surface area contributed by atoms with Crippen molar-refractivity contribution in [1.29, 1.82) is 5.26 Å². The Morgan fingerprint density at radius 3 is 2.47 bits per heavy atom. The van der Waals surface area contributed by atoms with Crippen LogP contribution in [0.5, 0.6) is 11.5 Å². The molecule has 12 heteroatoms. The Labute approximate surface area is 220 Å². The summed E-state index contributed by atoms with van der Waals surface area (Å²) in [7, 11) is -3.94. The topological polar surface area (TPSA) is 85.7 Å². The fourth-order valence-electron chi connectivity index (χ4n) is 3.37. The van der Waals surface area contributed by atoms with Gasteiger partial charge in [0.25, 0.3) is 0 Å². The maximum Gasteiger partial charge on any atom is 0.246 e. The smallest absolute Gasteiger partial charge is 0.246 e. The first-order chi connectivity index (χ1) is 16.2. The van der Waals surface area contributed by atoms with Crippen molar-refractivity contribution in [2.45, 2.75) is 11.3 Å². The fraction of sp³-hybridized carbons (Fsp3) is 0.364. The zero-order chi connectivity index (χ0) is 24.7. The Morgan fingerprint density at radius 2 is 1.85 bits per heavy atom. The van der Waals surface area contributed by atoms with Gasteiger partial charge in [0, 0.05) is 42.8 Å². The van der Waals surface area contributed by atoms with Crippen molar-refractivity contribution in [3.63, 3.8) is 0 Å². The van der Waals surface area contributed by atoms with Crippen LogP contribution in [0, 0.1) is 11.3 Å². The third-order valence-corrected chi connectivity index (χ3v) is 8.54. The molecular weight excluding hydrogens is 535 g/mol. The molecule has 0 amide bonds. The number of piperazine rings is 1. The fourth-order valence-corrected chi connectivity index (χ4v) is 6.16. The van der Waals surface area contributed by atoms with E-state index in [2.05, 4.69) is 11.6 Å². The maximum atomic E-state index is 13.5. The van der Waals surface area contributed by atoms with Crippen LogP contribution in [0.15, 0.2) is 41.3 Å². The van der Waals surface area contributed by atoms with E-state index < -0.39 is 10.0 Å². The van der Waals surface area contributed by atoms with Gasteiger partial charge < -0.3 is 15.0 Å². The van der Waals surface area contributed by atoms with E-state index in [4.69, 9.17) is 40.2 Å². The molecule has 1 saturated heterocycles. The highest BCUT2D eigenvalue weighted by atomic mass is 35.5. The van der Waals surface area contributed by atoms with E-state index in [1.165, 1.54) is 34.6 Å². The number of hydrogen-bond donors (Lipinski definition) is 1. The van der Waals surface area contributed by atoms with Crippen LogP contribution < -0.4 is 10.1 Å². The predicted octanol–water partition coefficient (Wildman–Crippen LogP) is 4.59. The molecule has 3 rings (SSSR count). The predicted molar refractivity (Wildman–Crippen MR) is 142 cm³/mol. The lowest BCUT2D eigenvalue weighted by molar-refractivity contribution is 0.263. The summed E-state index contributed by atoms with van der Waals surface area (Å²) in [5.41, 5.74) is 0.212. The zero-order valence-electron chi connectivity index (χ0n) is 18.5. The average molecular weight is 560 g/mol. The average Bonchev–Trinajstić information content (AvgIpc) is 2.81. The molecule has 0 aromatic heterocycles. The van der Waals surface area contributed by atoms with Crippen LogP contribution in [0.1, 0.15) is 12.0 Å². The van der Waals surface area contributed by atoms with Crippen LogP contribution in [0.3, 0.4) is 0 Å². The number of nitrogens with zero attached hydrogens (tertiary/aromatic N) is 3. The van der Waals surface area contributed by atoms with Gasteiger partial charge in [-0.05, 0) is 67.0 Å². The summed E-state index contributed by atoms with van der Waals surface area (Å²) in [6.07, 6.45) is 3.07. The van der Waals surface area contributed by atoms with Crippen molar-refractivity contribution in [2.75, 3.05) is 44.7 Å². The highest BCUT2D eigenvalue weighted by Gasteiger charge is 2.32.